The van der Waals surface area contributed by atoms with Gasteiger partial charge in [-0.15, -0.1) is 0 Å². The molecule has 1 aromatic rings. The number of hydrogen-bond donors (Lipinski definition) is 2. The predicted octanol–water partition coefficient (Wildman–Crippen LogP) is 5.70. The maximum atomic E-state index is 13.8. The highest BCUT2D eigenvalue weighted by Gasteiger charge is 2.45. The highest BCUT2D eigenvalue weighted by molar-refractivity contribution is 5.84. The molecule has 0 saturated heterocycles. The van der Waals surface area contributed by atoms with Crippen LogP contribution in [0.3, 0.4) is 0 Å². The highest BCUT2D eigenvalue weighted by Crippen LogP contribution is 2.45. The summed E-state index contributed by atoms with van der Waals surface area (Å²) in [6, 6.07) is 10.4. The summed E-state index contributed by atoms with van der Waals surface area (Å²) >= 11 is 0. The first-order chi connectivity index (χ1) is 18.5. The van der Waals surface area contributed by atoms with E-state index in [1.54, 1.807) is 0 Å². The van der Waals surface area contributed by atoms with Crippen LogP contribution in [-0.4, -0.2) is 42.1 Å². The second-order valence-electron chi connectivity index (χ2n) is 12.7. The fourth-order valence-electron chi connectivity index (χ4n) is 6.17. The zero-order valence-corrected chi connectivity index (χ0v) is 24.7. The molecule has 2 N–H and O–H groups in total. The minimum absolute atomic E-state index is 0.0621. The summed E-state index contributed by atoms with van der Waals surface area (Å²) in [5, 5.41) is 6.88. The number of hydrogen-bond acceptors (Lipinski definition) is 6. The van der Waals surface area contributed by atoms with Gasteiger partial charge in [0.2, 0.25) is 5.91 Å². The lowest BCUT2D eigenvalue weighted by molar-refractivity contribution is -0.162. The Morgan fingerprint density at radius 1 is 1.03 bits per heavy atom. The Hall–Kier alpha value is -2.41. The highest BCUT2D eigenvalue weighted by atomic mass is 16.6. The average molecular weight is 543 g/mol. The molecule has 1 aromatic carbocycles. The van der Waals surface area contributed by atoms with Gasteiger partial charge < -0.3 is 20.1 Å². The van der Waals surface area contributed by atoms with E-state index >= 15 is 0 Å². The summed E-state index contributed by atoms with van der Waals surface area (Å²) in [6.45, 7) is 10.7. The molecule has 218 valence electrons. The monoisotopic (exact) mass is 542 g/mol. The first-order valence-electron chi connectivity index (χ1n) is 15.0. The summed E-state index contributed by atoms with van der Waals surface area (Å²) in [4.78, 5) is 39.4. The van der Waals surface area contributed by atoms with Gasteiger partial charge in [-0.05, 0) is 91.5 Å². The summed E-state index contributed by atoms with van der Waals surface area (Å²) in [5.41, 5.74) is 0.0553. The van der Waals surface area contributed by atoms with Gasteiger partial charge in [0.15, 0.2) is 0 Å². The molecule has 2 fully saturated rings. The van der Waals surface area contributed by atoms with Crippen molar-refractivity contribution >= 4 is 17.8 Å². The predicted molar refractivity (Wildman–Crippen MR) is 153 cm³/mol. The largest absolute Gasteiger partial charge is 0.466 e. The Labute approximate surface area is 235 Å². The Balaban J connectivity index is 1.66. The number of carbonyl (C=O) groups is 3. The van der Waals surface area contributed by atoms with Crippen molar-refractivity contribution in [2.24, 2.45) is 17.3 Å². The Morgan fingerprint density at radius 2 is 1.67 bits per heavy atom. The van der Waals surface area contributed by atoms with Crippen LogP contribution >= 0.6 is 0 Å². The molecule has 2 unspecified atom stereocenters. The van der Waals surface area contributed by atoms with Crippen LogP contribution in [0, 0.1) is 17.3 Å². The molecule has 3 rings (SSSR count). The van der Waals surface area contributed by atoms with E-state index in [9.17, 15) is 14.4 Å². The SMILES string of the molecule is CCOC(=O)C1CCC(NC(=O)C2(CC(CC(C)NCc3ccccc3)C(=O)OC(C)(C)C)CCCC2)CC1. The fraction of sp³-hybridized carbons (Fsp3) is 0.719. The lowest BCUT2D eigenvalue weighted by Crippen LogP contribution is -2.48. The van der Waals surface area contributed by atoms with Crippen LogP contribution in [0.5, 0.6) is 0 Å². The molecule has 39 heavy (non-hydrogen) atoms. The molecular formula is C32H50N2O5. The van der Waals surface area contributed by atoms with E-state index in [0.717, 1.165) is 57.9 Å². The van der Waals surface area contributed by atoms with E-state index in [2.05, 4.69) is 29.7 Å². The molecule has 0 spiro atoms. The molecule has 0 heterocycles. The number of carbonyl (C=O) groups excluding carboxylic acids is 3. The Bertz CT molecular complexity index is 928. The smallest absolute Gasteiger partial charge is 0.309 e. The normalized spacial score (nSPS) is 22.5. The van der Waals surface area contributed by atoms with E-state index < -0.39 is 11.0 Å². The molecule has 7 heteroatoms. The summed E-state index contributed by atoms with van der Waals surface area (Å²) in [5.74, 6) is -0.710. The lowest BCUT2D eigenvalue weighted by Gasteiger charge is -2.36. The third kappa shape index (κ3) is 9.63. The summed E-state index contributed by atoms with van der Waals surface area (Å²) in [6.07, 6.45) is 7.72. The van der Waals surface area contributed by atoms with Gasteiger partial charge in [-0.25, -0.2) is 0 Å². The van der Waals surface area contributed by atoms with Crippen molar-refractivity contribution in [3.05, 3.63) is 35.9 Å². The summed E-state index contributed by atoms with van der Waals surface area (Å²) < 4.78 is 11.1. The molecule has 7 nitrogen and oxygen atoms in total. The first kappa shape index (κ1) is 31.1. The summed E-state index contributed by atoms with van der Waals surface area (Å²) in [7, 11) is 0. The third-order valence-electron chi connectivity index (χ3n) is 8.24. The number of nitrogens with one attached hydrogen (secondary N) is 2. The average Bonchev–Trinajstić information content (AvgIpc) is 3.37. The maximum absolute atomic E-state index is 13.8. The molecular weight excluding hydrogens is 492 g/mol. The van der Waals surface area contributed by atoms with E-state index in [1.807, 2.05) is 45.9 Å². The van der Waals surface area contributed by atoms with Crippen LogP contribution in [0.15, 0.2) is 30.3 Å². The Morgan fingerprint density at radius 3 is 2.26 bits per heavy atom. The minimum atomic E-state index is -0.585. The quantitative estimate of drug-likeness (QED) is 0.329. The van der Waals surface area contributed by atoms with Crippen molar-refractivity contribution in [3.63, 3.8) is 0 Å². The van der Waals surface area contributed by atoms with Crippen molar-refractivity contribution < 1.29 is 23.9 Å². The molecule has 2 aliphatic carbocycles. The van der Waals surface area contributed by atoms with Crippen molar-refractivity contribution in [1.82, 2.24) is 10.6 Å². The van der Waals surface area contributed by atoms with E-state index in [-0.39, 0.29) is 41.8 Å². The van der Waals surface area contributed by atoms with Crippen LogP contribution in [-0.2, 0) is 30.4 Å². The van der Waals surface area contributed by atoms with Crippen molar-refractivity contribution in [3.8, 4) is 0 Å². The van der Waals surface area contributed by atoms with Crippen LogP contribution in [0.25, 0.3) is 0 Å². The molecule has 0 radical (unpaired) electrons. The van der Waals surface area contributed by atoms with Gasteiger partial charge >= 0.3 is 11.9 Å². The molecule has 2 atom stereocenters. The number of ether oxygens (including phenoxy) is 2. The van der Waals surface area contributed by atoms with Gasteiger partial charge in [-0.1, -0.05) is 43.2 Å². The maximum Gasteiger partial charge on any atom is 0.309 e. The molecule has 2 saturated carbocycles. The molecule has 0 aliphatic heterocycles. The van der Waals surface area contributed by atoms with E-state index in [4.69, 9.17) is 9.47 Å². The number of rotatable bonds is 12. The van der Waals surface area contributed by atoms with Gasteiger partial charge in [-0.3, -0.25) is 14.4 Å². The molecule has 0 bridgehead atoms. The first-order valence-corrected chi connectivity index (χ1v) is 15.0. The second-order valence-corrected chi connectivity index (χ2v) is 12.7. The van der Waals surface area contributed by atoms with Crippen molar-refractivity contribution in [1.29, 1.82) is 0 Å². The zero-order valence-electron chi connectivity index (χ0n) is 24.7. The van der Waals surface area contributed by atoms with Gasteiger partial charge in [-0.2, -0.15) is 0 Å². The lowest BCUT2D eigenvalue weighted by atomic mass is 9.74. The number of benzene rings is 1. The second kappa shape index (κ2) is 14.3. The van der Waals surface area contributed by atoms with Gasteiger partial charge in [0.1, 0.15) is 5.60 Å². The van der Waals surface area contributed by atoms with Gasteiger partial charge in [0, 0.05) is 18.6 Å². The topological polar surface area (TPSA) is 93.7 Å². The van der Waals surface area contributed by atoms with Gasteiger partial charge in [0.25, 0.3) is 0 Å². The molecule has 1 amide bonds. The van der Waals surface area contributed by atoms with Gasteiger partial charge in [0.05, 0.1) is 23.9 Å². The number of esters is 2. The van der Waals surface area contributed by atoms with Crippen LogP contribution in [0.1, 0.15) is 104 Å². The van der Waals surface area contributed by atoms with Crippen molar-refractivity contribution in [2.75, 3.05) is 6.61 Å². The fourth-order valence-corrected chi connectivity index (χ4v) is 6.17. The molecule has 2 aliphatic rings. The van der Waals surface area contributed by atoms with Crippen LogP contribution in [0.4, 0.5) is 0 Å². The van der Waals surface area contributed by atoms with E-state index in [0.29, 0.717) is 19.4 Å². The van der Waals surface area contributed by atoms with Crippen LogP contribution < -0.4 is 10.6 Å². The van der Waals surface area contributed by atoms with Crippen LogP contribution in [0.2, 0.25) is 0 Å². The Kier molecular flexibility index (Phi) is 11.4. The molecule has 0 aromatic heterocycles. The van der Waals surface area contributed by atoms with Crippen molar-refractivity contribution in [2.45, 2.75) is 123 Å². The number of amides is 1. The zero-order chi connectivity index (χ0) is 28.5. The standard InChI is InChI=1S/C32H50N2O5/c1-6-38-28(35)25-14-16-27(17-15-25)34-30(37)32(18-10-11-19-32)21-26(29(36)39-31(3,4)5)20-23(2)33-22-24-12-8-7-9-13-24/h7-9,12-13,23,25-27,33H,6,10-11,14-22H2,1-5H3,(H,34,37). The third-order valence-corrected chi connectivity index (χ3v) is 8.24. The minimum Gasteiger partial charge on any atom is -0.466 e. The van der Waals surface area contributed by atoms with E-state index in [1.165, 1.54) is 5.56 Å².